The number of rotatable bonds is 6. The molecule has 4 heteroatoms. The van der Waals surface area contributed by atoms with Crippen LogP contribution in [-0.4, -0.2) is 28.8 Å². The SMILES string of the molecule is CCCCn1cc(C)nc1NCC1CCCCO1. The Labute approximate surface area is 110 Å². The maximum Gasteiger partial charge on any atom is 0.203 e. The highest BCUT2D eigenvalue weighted by molar-refractivity contribution is 5.28. The van der Waals surface area contributed by atoms with Crippen molar-refractivity contribution in [1.29, 1.82) is 0 Å². The van der Waals surface area contributed by atoms with Crippen LogP contribution in [0, 0.1) is 6.92 Å². The summed E-state index contributed by atoms with van der Waals surface area (Å²) < 4.78 is 7.95. The summed E-state index contributed by atoms with van der Waals surface area (Å²) in [7, 11) is 0. The summed E-state index contributed by atoms with van der Waals surface area (Å²) in [6.07, 6.45) is 8.56. The molecule has 1 fully saturated rings. The summed E-state index contributed by atoms with van der Waals surface area (Å²) in [5.41, 5.74) is 1.08. The zero-order valence-electron chi connectivity index (χ0n) is 11.6. The molecule has 18 heavy (non-hydrogen) atoms. The lowest BCUT2D eigenvalue weighted by molar-refractivity contribution is 0.0246. The Hall–Kier alpha value is -1.03. The molecule has 0 aromatic carbocycles. The van der Waals surface area contributed by atoms with E-state index in [9.17, 15) is 0 Å². The van der Waals surface area contributed by atoms with Crippen LogP contribution in [0.2, 0.25) is 0 Å². The second-order valence-electron chi connectivity index (χ2n) is 5.12. The van der Waals surface area contributed by atoms with Gasteiger partial charge in [0.25, 0.3) is 0 Å². The van der Waals surface area contributed by atoms with Gasteiger partial charge in [-0.05, 0) is 32.6 Å². The van der Waals surface area contributed by atoms with Crippen molar-refractivity contribution in [2.45, 2.75) is 58.6 Å². The Bertz CT molecular complexity index is 356. The Balaban J connectivity index is 1.86. The zero-order valence-corrected chi connectivity index (χ0v) is 11.6. The first-order chi connectivity index (χ1) is 8.79. The van der Waals surface area contributed by atoms with Crippen LogP contribution >= 0.6 is 0 Å². The fourth-order valence-electron chi connectivity index (χ4n) is 2.36. The van der Waals surface area contributed by atoms with Crippen molar-refractivity contribution in [3.8, 4) is 0 Å². The van der Waals surface area contributed by atoms with E-state index >= 15 is 0 Å². The number of aromatic nitrogens is 2. The van der Waals surface area contributed by atoms with E-state index < -0.39 is 0 Å². The normalized spacial score (nSPS) is 20.0. The molecule has 0 bridgehead atoms. The number of unbranched alkanes of at least 4 members (excludes halogenated alkanes) is 1. The van der Waals surface area contributed by atoms with Crippen LogP contribution < -0.4 is 5.32 Å². The number of aryl methyl sites for hydroxylation is 2. The van der Waals surface area contributed by atoms with Crippen LogP contribution in [0.15, 0.2) is 6.20 Å². The molecule has 1 aliphatic heterocycles. The van der Waals surface area contributed by atoms with Crippen molar-refractivity contribution < 1.29 is 4.74 Å². The van der Waals surface area contributed by atoms with Gasteiger partial charge in [0.1, 0.15) is 0 Å². The van der Waals surface area contributed by atoms with Crippen LogP contribution in [0.3, 0.4) is 0 Å². The molecule has 102 valence electrons. The lowest BCUT2D eigenvalue weighted by Gasteiger charge is -2.23. The van der Waals surface area contributed by atoms with Gasteiger partial charge in [0, 0.05) is 25.9 Å². The molecule has 1 aliphatic rings. The van der Waals surface area contributed by atoms with Gasteiger partial charge in [0.15, 0.2) is 0 Å². The Morgan fingerprint density at radius 3 is 3.11 bits per heavy atom. The second kappa shape index (κ2) is 6.78. The first-order valence-electron chi connectivity index (χ1n) is 7.19. The molecule has 0 radical (unpaired) electrons. The van der Waals surface area contributed by atoms with Gasteiger partial charge in [-0.1, -0.05) is 13.3 Å². The summed E-state index contributed by atoms with van der Waals surface area (Å²) in [6.45, 7) is 7.10. The molecule has 1 N–H and O–H groups in total. The number of hydrogen-bond donors (Lipinski definition) is 1. The van der Waals surface area contributed by atoms with Crippen molar-refractivity contribution in [2.75, 3.05) is 18.5 Å². The van der Waals surface area contributed by atoms with Gasteiger partial charge in [-0.25, -0.2) is 4.98 Å². The monoisotopic (exact) mass is 251 g/mol. The Kier molecular flexibility index (Phi) is 5.05. The molecule has 1 unspecified atom stereocenters. The van der Waals surface area contributed by atoms with E-state index in [-0.39, 0.29) is 0 Å². The van der Waals surface area contributed by atoms with Gasteiger partial charge in [0.05, 0.1) is 11.8 Å². The molecule has 2 rings (SSSR count). The zero-order chi connectivity index (χ0) is 12.8. The lowest BCUT2D eigenvalue weighted by atomic mass is 10.1. The van der Waals surface area contributed by atoms with E-state index in [1.54, 1.807) is 0 Å². The summed E-state index contributed by atoms with van der Waals surface area (Å²) in [5.74, 6) is 0.995. The largest absolute Gasteiger partial charge is 0.376 e. The van der Waals surface area contributed by atoms with Crippen LogP contribution in [0.25, 0.3) is 0 Å². The van der Waals surface area contributed by atoms with E-state index in [2.05, 4.69) is 28.0 Å². The smallest absolute Gasteiger partial charge is 0.203 e. The average molecular weight is 251 g/mol. The van der Waals surface area contributed by atoms with Crippen LogP contribution in [0.1, 0.15) is 44.7 Å². The topological polar surface area (TPSA) is 39.1 Å². The molecule has 1 atom stereocenters. The number of anilines is 1. The summed E-state index contributed by atoms with van der Waals surface area (Å²) in [4.78, 5) is 4.54. The predicted octanol–water partition coefficient (Wildman–Crippen LogP) is 2.97. The van der Waals surface area contributed by atoms with Crippen LogP contribution in [-0.2, 0) is 11.3 Å². The number of nitrogens with zero attached hydrogens (tertiary/aromatic N) is 2. The van der Waals surface area contributed by atoms with E-state index in [1.165, 1.54) is 32.1 Å². The minimum absolute atomic E-state index is 0.357. The van der Waals surface area contributed by atoms with E-state index in [0.717, 1.165) is 31.3 Å². The quantitative estimate of drug-likeness (QED) is 0.845. The Morgan fingerprint density at radius 2 is 2.39 bits per heavy atom. The van der Waals surface area contributed by atoms with Gasteiger partial charge in [-0.15, -0.1) is 0 Å². The van der Waals surface area contributed by atoms with Crippen LogP contribution in [0.5, 0.6) is 0 Å². The highest BCUT2D eigenvalue weighted by atomic mass is 16.5. The summed E-state index contributed by atoms with van der Waals surface area (Å²) in [5, 5.41) is 3.44. The number of hydrogen-bond acceptors (Lipinski definition) is 3. The van der Waals surface area contributed by atoms with Gasteiger partial charge in [-0.3, -0.25) is 0 Å². The lowest BCUT2D eigenvalue weighted by Crippen LogP contribution is -2.27. The van der Waals surface area contributed by atoms with Crippen molar-refractivity contribution in [1.82, 2.24) is 9.55 Å². The first-order valence-corrected chi connectivity index (χ1v) is 7.19. The first kappa shape index (κ1) is 13.4. The highest BCUT2D eigenvalue weighted by Crippen LogP contribution is 2.15. The minimum atomic E-state index is 0.357. The molecular formula is C14H25N3O. The minimum Gasteiger partial charge on any atom is -0.376 e. The Morgan fingerprint density at radius 1 is 1.50 bits per heavy atom. The van der Waals surface area contributed by atoms with E-state index in [1.807, 2.05) is 6.92 Å². The number of ether oxygens (including phenoxy) is 1. The third-order valence-electron chi connectivity index (χ3n) is 3.41. The van der Waals surface area contributed by atoms with Gasteiger partial charge < -0.3 is 14.6 Å². The molecule has 1 aromatic heterocycles. The third kappa shape index (κ3) is 3.73. The maximum absolute atomic E-state index is 5.73. The molecule has 0 spiro atoms. The average Bonchev–Trinajstić information content (AvgIpc) is 2.75. The molecule has 4 nitrogen and oxygen atoms in total. The number of nitrogens with one attached hydrogen (secondary N) is 1. The van der Waals surface area contributed by atoms with Crippen molar-refractivity contribution >= 4 is 5.95 Å². The van der Waals surface area contributed by atoms with Crippen LogP contribution in [0.4, 0.5) is 5.95 Å². The highest BCUT2D eigenvalue weighted by Gasteiger charge is 2.14. The van der Waals surface area contributed by atoms with Gasteiger partial charge >= 0.3 is 0 Å². The molecule has 0 amide bonds. The van der Waals surface area contributed by atoms with Crippen molar-refractivity contribution in [2.24, 2.45) is 0 Å². The predicted molar refractivity (Wildman–Crippen MR) is 74.0 cm³/mol. The van der Waals surface area contributed by atoms with Gasteiger partial charge in [-0.2, -0.15) is 0 Å². The van der Waals surface area contributed by atoms with Gasteiger partial charge in [0.2, 0.25) is 5.95 Å². The fraction of sp³-hybridized carbons (Fsp3) is 0.786. The fourth-order valence-corrected chi connectivity index (χ4v) is 2.36. The molecular weight excluding hydrogens is 226 g/mol. The molecule has 1 aromatic rings. The summed E-state index contributed by atoms with van der Waals surface area (Å²) in [6, 6.07) is 0. The third-order valence-corrected chi connectivity index (χ3v) is 3.41. The molecule has 0 aliphatic carbocycles. The second-order valence-corrected chi connectivity index (χ2v) is 5.12. The number of imidazole rings is 1. The van der Waals surface area contributed by atoms with Crippen molar-refractivity contribution in [3.63, 3.8) is 0 Å². The molecule has 2 heterocycles. The molecule has 0 saturated carbocycles. The summed E-state index contributed by atoms with van der Waals surface area (Å²) >= 11 is 0. The molecule has 1 saturated heterocycles. The maximum atomic E-state index is 5.73. The standard InChI is InChI=1S/C14H25N3O/c1-3-4-8-17-11-12(2)16-14(17)15-10-13-7-5-6-9-18-13/h11,13H,3-10H2,1-2H3,(H,15,16). The van der Waals surface area contributed by atoms with E-state index in [4.69, 9.17) is 4.74 Å². The van der Waals surface area contributed by atoms with E-state index in [0.29, 0.717) is 6.10 Å². The van der Waals surface area contributed by atoms with Crippen molar-refractivity contribution in [3.05, 3.63) is 11.9 Å².